The number of hydrogen-bond donors (Lipinski definition) is 1. The van der Waals surface area contributed by atoms with Crippen LogP contribution in [-0.4, -0.2) is 40.7 Å². The molecule has 0 aliphatic rings. The first-order chi connectivity index (χ1) is 9.46. The molecule has 0 atom stereocenters. The predicted molar refractivity (Wildman–Crippen MR) is 80.2 cm³/mol. The first-order valence-corrected chi connectivity index (χ1v) is 8.70. The van der Waals surface area contributed by atoms with Crippen LogP contribution in [0.3, 0.4) is 0 Å². The fraction of sp³-hybridized carbons (Fsp3) is 0.571. The van der Waals surface area contributed by atoms with Gasteiger partial charge in [0.15, 0.2) is 0 Å². The highest BCUT2D eigenvalue weighted by molar-refractivity contribution is 7.90. The molecule has 0 unspecified atom stereocenters. The summed E-state index contributed by atoms with van der Waals surface area (Å²) in [6.45, 7) is 4.00. The van der Waals surface area contributed by atoms with Gasteiger partial charge in [0, 0.05) is 24.4 Å². The summed E-state index contributed by atoms with van der Waals surface area (Å²) in [5.74, 6) is 1.60. The Kier molecular flexibility index (Phi) is 6.81. The normalized spacial score (nSPS) is 11.3. The summed E-state index contributed by atoms with van der Waals surface area (Å²) in [5.41, 5.74) is 1.03. The molecule has 0 aliphatic heterocycles. The van der Waals surface area contributed by atoms with Crippen molar-refractivity contribution in [2.75, 3.05) is 32.3 Å². The van der Waals surface area contributed by atoms with Crippen molar-refractivity contribution in [3.05, 3.63) is 23.8 Å². The zero-order valence-electron chi connectivity index (χ0n) is 12.3. The van der Waals surface area contributed by atoms with Crippen LogP contribution >= 0.6 is 0 Å². The molecule has 0 saturated heterocycles. The number of benzene rings is 1. The molecule has 0 bridgehead atoms. The van der Waals surface area contributed by atoms with Gasteiger partial charge in [-0.05, 0) is 19.0 Å². The molecule has 6 heteroatoms. The van der Waals surface area contributed by atoms with E-state index in [2.05, 4.69) is 5.32 Å². The maximum Gasteiger partial charge on any atom is 0.147 e. The zero-order valence-corrected chi connectivity index (χ0v) is 13.1. The second kappa shape index (κ2) is 8.11. The van der Waals surface area contributed by atoms with Crippen LogP contribution in [0, 0.1) is 0 Å². The summed E-state index contributed by atoms with van der Waals surface area (Å²) in [7, 11) is -1.33. The van der Waals surface area contributed by atoms with Crippen molar-refractivity contribution in [3.8, 4) is 11.5 Å². The first kappa shape index (κ1) is 16.8. The van der Waals surface area contributed by atoms with Gasteiger partial charge in [0.2, 0.25) is 0 Å². The quantitative estimate of drug-likeness (QED) is 0.702. The Morgan fingerprint density at radius 2 is 2.05 bits per heavy atom. The van der Waals surface area contributed by atoms with Crippen LogP contribution in [0.25, 0.3) is 0 Å². The predicted octanol–water partition coefficient (Wildman–Crippen LogP) is 1.62. The van der Waals surface area contributed by atoms with E-state index in [0.29, 0.717) is 19.6 Å². The van der Waals surface area contributed by atoms with E-state index in [9.17, 15) is 8.42 Å². The molecule has 0 aliphatic carbocycles. The van der Waals surface area contributed by atoms with Crippen LogP contribution in [-0.2, 0) is 16.4 Å². The molecular weight excluding hydrogens is 278 g/mol. The molecular formula is C14H23NO4S. The van der Waals surface area contributed by atoms with Crippen LogP contribution in [0.1, 0.15) is 18.9 Å². The second-order valence-corrected chi connectivity index (χ2v) is 6.85. The third-order valence-electron chi connectivity index (χ3n) is 2.76. The van der Waals surface area contributed by atoms with Crippen LogP contribution < -0.4 is 14.8 Å². The smallest absolute Gasteiger partial charge is 0.147 e. The molecule has 0 spiro atoms. The Morgan fingerprint density at radius 1 is 1.30 bits per heavy atom. The third-order valence-corrected chi connectivity index (χ3v) is 3.79. The number of methoxy groups -OCH3 is 1. The molecule has 0 fully saturated rings. The van der Waals surface area contributed by atoms with Gasteiger partial charge in [-0.15, -0.1) is 0 Å². The van der Waals surface area contributed by atoms with Crippen molar-refractivity contribution in [1.82, 2.24) is 5.32 Å². The summed E-state index contributed by atoms with van der Waals surface area (Å²) in [4.78, 5) is 0. The zero-order chi connectivity index (χ0) is 15.0. The van der Waals surface area contributed by atoms with Crippen molar-refractivity contribution in [3.63, 3.8) is 0 Å². The van der Waals surface area contributed by atoms with Gasteiger partial charge < -0.3 is 14.8 Å². The maximum atomic E-state index is 11.1. The lowest BCUT2D eigenvalue weighted by atomic mass is 10.2. The van der Waals surface area contributed by atoms with E-state index < -0.39 is 9.84 Å². The minimum Gasteiger partial charge on any atom is -0.497 e. The van der Waals surface area contributed by atoms with E-state index in [4.69, 9.17) is 9.47 Å². The average molecular weight is 301 g/mol. The molecule has 0 radical (unpaired) electrons. The SMILES string of the molecule is CCNCc1ccc(OC)cc1OCCCS(C)(=O)=O. The van der Waals surface area contributed by atoms with Gasteiger partial charge in [-0.25, -0.2) is 8.42 Å². The Hall–Kier alpha value is -1.27. The number of rotatable bonds is 9. The van der Waals surface area contributed by atoms with E-state index in [1.54, 1.807) is 7.11 Å². The van der Waals surface area contributed by atoms with Gasteiger partial charge in [0.25, 0.3) is 0 Å². The van der Waals surface area contributed by atoms with Gasteiger partial charge in [-0.1, -0.05) is 13.0 Å². The van der Waals surface area contributed by atoms with Gasteiger partial charge in [-0.2, -0.15) is 0 Å². The number of nitrogens with one attached hydrogen (secondary N) is 1. The summed E-state index contributed by atoms with van der Waals surface area (Å²) >= 11 is 0. The van der Waals surface area contributed by atoms with Crippen molar-refractivity contribution in [1.29, 1.82) is 0 Å². The minimum atomic E-state index is -2.93. The highest BCUT2D eigenvalue weighted by atomic mass is 32.2. The molecule has 114 valence electrons. The molecule has 1 rings (SSSR count). The molecule has 0 heterocycles. The second-order valence-electron chi connectivity index (χ2n) is 4.59. The average Bonchev–Trinajstić information content (AvgIpc) is 2.40. The monoisotopic (exact) mass is 301 g/mol. The lowest BCUT2D eigenvalue weighted by Gasteiger charge is -2.13. The molecule has 0 saturated carbocycles. The molecule has 20 heavy (non-hydrogen) atoms. The number of hydrogen-bond acceptors (Lipinski definition) is 5. The topological polar surface area (TPSA) is 64.6 Å². The largest absolute Gasteiger partial charge is 0.497 e. The summed E-state index contributed by atoms with van der Waals surface area (Å²) in [6.07, 6.45) is 1.71. The fourth-order valence-corrected chi connectivity index (χ4v) is 2.35. The summed E-state index contributed by atoms with van der Waals surface area (Å²) in [6, 6.07) is 5.66. The van der Waals surface area contributed by atoms with Crippen LogP contribution in [0.5, 0.6) is 11.5 Å². The number of ether oxygens (including phenoxy) is 2. The van der Waals surface area contributed by atoms with Crippen molar-refractivity contribution in [2.24, 2.45) is 0 Å². The van der Waals surface area contributed by atoms with E-state index in [1.165, 1.54) is 6.26 Å². The standard InChI is InChI=1S/C14H23NO4S/c1-4-15-11-12-6-7-13(18-2)10-14(12)19-8-5-9-20(3,16)17/h6-7,10,15H,4-5,8-9,11H2,1-3H3. The molecule has 0 aromatic heterocycles. The summed E-state index contributed by atoms with van der Waals surface area (Å²) in [5, 5.41) is 3.24. The fourth-order valence-electron chi connectivity index (χ4n) is 1.71. The van der Waals surface area contributed by atoms with Gasteiger partial charge in [0.1, 0.15) is 21.3 Å². The Bertz CT molecular complexity index is 514. The van der Waals surface area contributed by atoms with E-state index in [0.717, 1.165) is 23.6 Å². The first-order valence-electron chi connectivity index (χ1n) is 6.64. The Balaban J connectivity index is 2.64. The Morgan fingerprint density at radius 3 is 2.65 bits per heavy atom. The highest BCUT2D eigenvalue weighted by Crippen LogP contribution is 2.25. The van der Waals surface area contributed by atoms with Gasteiger partial charge in [0.05, 0.1) is 19.5 Å². The van der Waals surface area contributed by atoms with Gasteiger partial charge >= 0.3 is 0 Å². The number of sulfone groups is 1. The third kappa shape index (κ3) is 6.25. The molecule has 5 nitrogen and oxygen atoms in total. The minimum absolute atomic E-state index is 0.138. The lowest BCUT2D eigenvalue weighted by molar-refractivity contribution is 0.311. The van der Waals surface area contributed by atoms with E-state index in [1.807, 2.05) is 25.1 Å². The van der Waals surface area contributed by atoms with Gasteiger partial charge in [-0.3, -0.25) is 0 Å². The highest BCUT2D eigenvalue weighted by Gasteiger charge is 2.07. The molecule has 0 amide bonds. The van der Waals surface area contributed by atoms with Crippen molar-refractivity contribution in [2.45, 2.75) is 19.9 Å². The lowest BCUT2D eigenvalue weighted by Crippen LogP contribution is -2.14. The van der Waals surface area contributed by atoms with Crippen LogP contribution in [0.15, 0.2) is 18.2 Å². The molecule has 1 aromatic rings. The Labute approximate surface area is 121 Å². The maximum absolute atomic E-state index is 11.1. The van der Waals surface area contributed by atoms with Crippen LogP contribution in [0.4, 0.5) is 0 Å². The van der Waals surface area contributed by atoms with Crippen LogP contribution in [0.2, 0.25) is 0 Å². The van der Waals surface area contributed by atoms with E-state index >= 15 is 0 Å². The van der Waals surface area contributed by atoms with E-state index in [-0.39, 0.29) is 5.75 Å². The molecule has 1 aromatic carbocycles. The summed E-state index contributed by atoms with van der Waals surface area (Å²) < 4.78 is 33.0. The van der Waals surface area contributed by atoms with Crippen molar-refractivity contribution >= 4 is 9.84 Å². The molecule has 1 N–H and O–H groups in total. The van der Waals surface area contributed by atoms with Crippen molar-refractivity contribution < 1.29 is 17.9 Å².